The van der Waals surface area contributed by atoms with Crippen LogP contribution in [0.5, 0.6) is 0 Å². The highest BCUT2D eigenvalue weighted by Gasteiger charge is 1.99. The molecule has 0 spiro atoms. The Labute approximate surface area is 74.4 Å². The van der Waals surface area contributed by atoms with Crippen LogP contribution in [0.3, 0.4) is 0 Å². The minimum Gasteiger partial charge on any atom is -0.396 e. The number of aromatic nitrogens is 2. The van der Waals surface area contributed by atoms with Crippen LogP contribution in [0.15, 0.2) is 17.2 Å². The molecule has 0 saturated heterocycles. The SMILES string of the molecule is O=c1c(Cl)nccn1CCCO. The molecule has 0 atom stereocenters. The molecule has 0 aliphatic carbocycles. The summed E-state index contributed by atoms with van der Waals surface area (Å²) in [7, 11) is 0. The molecule has 0 aliphatic heterocycles. The summed E-state index contributed by atoms with van der Waals surface area (Å²) in [5.74, 6) is 0. The van der Waals surface area contributed by atoms with Crippen LogP contribution in [0, 0.1) is 0 Å². The molecule has 5 heteroatoms. The van der Waals surface area contributed by atoms with Crippen molar-refractivity contribution in [2.24, 2.45) is 0 Å². The van der Waals surface area contributed by atoms with Gasteiger partial charge in [-0.1, -0.05) is 11.6 Å². The van der Waals surface area contributed by atoms with Crippen molar-refractivity contribution in [3.8, 4) is 0 Å². The standard InChI is InChI=1S/C7H9ClN2O2/c8-6-7(12)10(3-1-5-11)4-2-9-6/h2,4,11H,1,3,5H2. The van der Waals surface area contributed by atoms with E-state index in [0.717, 1.165) is 0 Å². The van der Waals surface area contributed by atoms with E-state index < -0.39 is 0 Å². The first-order valence-corrected chi connectivity index (χ1v) is 3.95. The van der Waals surface area contributed by atoms with E-state index in [9.17, 15) is 4.79 Å². The fraction of sp³-hybridized carbons (Fsp3) is 0.429. The predicted molar refractivity (Wildman–Crippen MR) is 45.2 cm³/mol. The zero-order chi connectivity index (χ0) is 8.97. The van der Waals surface area contributed by atoms with Gasteiger partial charge in [0.25, 0.3) is 5.56 Å². The van der Waals surface area contributed by atoms with Gasteiger partial charge in [-0.15, -0.1) is 0 Å². The number of hydrogen-bond acceptors (Lipinski definition) is 3. The van der Waals surface area contributed by atoms with Crippen LogP contribution < -0.4 is 5.56 Å². The van der Waals surface area contributed by atoms with E-state index in [1.165, 1.54) is 10.8 Å². The molecule has 4 nitrogen and oxygen atoms in total. The molecular formula is C7H9ClN2O2. The van der Waals surface area contributed by atoms with E-state index in [2.05, 4.69) is 4.98 Å². The minimum absolute atomic E-state index is 0.0320. The molecule has 66 valence electrons. The van der Waals surface area contributed by atoms with E-state index in [-0.39, 0.29) is 17.3 Å². The summed E-state index contributed by atoms with van der Waals surface area (Å²) in [4.78, 5) is 14.8. The zero-order valence-electron chi connectivity index (χ0n) is 6.40. The lowest BCUT2D eigenvalue weighted by Gasteiger charge is -2.02. The number of aliphatic hydroxyl groups is 1. The molecule has 1 heterocycles. The van der Waals surface area contributed by atoms with Crippen molar-refractivity contribution in [3.05, 3.63) is 27.9 Å². The normalized spacial score (nSPS) is 10.2. The Morgan fingerprint density at radius 1 is 1.67 bits per heavy atom. The highest BCUT2D eigenvalue weighted by Crippen LogP contribution is 1.94. The van der Waals surface area contributed by atoms with Crippen LogP contribution in [-0.2, 0) is 6.54 Å². The lowest BCUT2D eigenvalue weighted by atomic mass is 10.4. The van der Waals surface area contributed by atoms with E-state index in [4.69, 9.17) is 16.7 Å². The molecule has 1 N–H and O–H groups in total. The highest BCUT2D eigenvalue weighted by atomic mass is 35.5. The maximum absolute atomic E-state index is 11.2. The Bertz CT molecular complexity index is 311. The largest absolute Gasteiger partial charge is 0.396 e. The summed E-state index contributed by atoms with van der Waals surface area (Å²) in [6.45, 7) is 0.532. The lowest BCUT2D eigenvalue weighted by Crippen LogP contribution is -2.21. The minimum atomic E-state index is -0.312. The average molecular weight is 189 g/mol. The highest BCUT2D eigenvalue weighted by molar-refractivity contribution is 6.29. The van der Waals surface area contributed by atoms with Gasteiger partial charge < -0.3 is 9.67 Å². The summed E-state index contributed by atoms with van der Waals surface area (Å²) in [6, 6.07) is 0. The van der Waals surface area contributed by atoms with Gasteiger partial charge in [0, 0.05) is 25.5 Å². The topological polar surface area (TPSA) is 55.1 Å². The Hall–Kier alpha value is -0.870. The van der Waals surface area contributed by atoms with Gasteiger partial charge >= 0.3 is 0 Å². The maximum Gasteiger partial charge on any atom is 0.288 e. The Morgan fingerprint density at radius 2 is 2.42 bits per heavy atom. The number of aliphatic hydroxyl groups excluding tert-OH is 1. The molecule has 0 bridgehead atoms. The van der Waals surface area contributed by atoms with Crippen LogP contribution in [0.1, 0.15) is 6.42 Å². The van der Waals surface area contributed by atoms with Crippen LogP contribution in [0.2, 0.25) is 5.15 Å². The van der Waals surface area contributed by atoms with Crippen LogP contribution in [0.4, 0.5) is 0 Å². The van der Waals surface area contributed by atoms with Crippen molar-refractivity contribution in [2.75, 3.05) is 6.61 Å². The van der Waals surface area contributed by atoms with Crippen molar-refractivity contribution < 1.29 is 5.11 Å². The van der Waals surface area contributed by atoms with Gasteiger partial charge in [-0.25, -0.2) is 4.98 Å². The molecule has 0 saturated carbocycles. The van der Waals surface area contributed by atoms with Crippen molar-refractivity contribution in [3.63, 3.8) is 0 Å². The Morgan fingerprint density at radius 3 is 3.08 bits per heavy atom. The van der Waals surface area contributed by atoms with Gasteiger partial charge in [0.2, 0.25) is 0 Å². The summed E-state index contributed by atoms with van der Waals surface area (Å²) < 4.78 is 1.42. The van der Waals surface area contributed by atoms with Crippen molar-refractivity contribution >= 4 is 11.6 Å². The second-order valence-electron chi connectivity index (χ2n) is 2.29. The molecule has 0 radical (unpaired) electrons. The van der Waals surface area contributed by atoms with Gasteiger partial charge in [-0.3, -0.25) is 4.79 Å². The van der Waals surface area contributed by atoms with E-state index >= 15 is 0 Å². The van der Waals surface area contributed by atoms with Crippen LogP contribution in [0.25, 0.3) is 0 Å². The monoisotopic (exact) mass is 188 g/mol. The van der Waals surface area contributed by atoms with Gasteiger partial charge in [-0.05, 0) is 6.42 Å². The molecule has 0 unspecified atom stereocenters. The lowest BCUT2D eigenvalue weighted by molar-refractivity contribution is 0.279. The number of nitrogens with zero attached hydrogens (tertiary/aromatic N) is 2. The Balaban J connectivity index is 2.85. The first-order chi connectivity index (χ1) is 5.75. The molecule has 0 amide bonds. The Kier molecular flexibility index (Phi) is 3.25. The van der Waals surface area contributed by atoms with Gasteiger partial charge in [0.05, 0.1) is 0 Å². The van der Waals surface area contributed by atoms with E-state index in [0.29, 0.717) is 13.0 Å². The summed E-state index contributed by atoms with van der Waals surface area (Å²) in [6.07, 6.45) is 3.55. The summed E-state index contributed by atoms with van der Waals surface area (Å²) in [5, 5.41) is 8.49. The fourth-order valence-corrected chi connectivity index (χ4v) is 1.00. The van der Waals surface area contributed by atoms with Crippen molar-refractivity contribution in [1.82, 2.24) is 9.55 Å². The maximum atomic E-state index is 11.2. The molecule has 1 rings (SSSR count). The molecule has 1 aromatic rings. The third kappa shape index (κ3) is 2.06. The smallest absolute Gasteiger partial charge is 0.288 e. The van der Waals surface area contributed by atoms with Gasteiger partial charge in [0.1, 0.15) is 0 Å². The predicted octanol–water partition coefficient (Wildman–Crippen LogP) is 0.279. The van der Waals surface area contributed by atoms with E-state index in [1.54, 1.807) is 6.20 Å². The third-order valence-corrected chi connectivity index (χ3v) is 1.69. The number of rotatable bonds is 3. The quantitative estimate of drug-likeness (QED) is 0.742. The molecular weight excluding hydrogens is 180 g/mol. The van der Waals surface area contributed by atoms with Gasteiger partial charge in [-0.2, -0.15) is 0 Å². The summed E-state index contributed by atoms with van der Waals surface area (Å²) in [5.41, 5.74) is -0.312. The van der Waals surface area contributed by atoms with Crippen LogP contribution in [-0.4, -0.2) is 21.3 Å². The number of halogens is 1. The number of hydrogen-bond donors (Lipinski definition) is 1. The van der Waals surface area contributed by atoms with Crippen molar-refractivity contribution in [1.29, 1.82) is 0 Å². The van der Waals surface area contributed by atoms with Gasteiger partial charge in [0.15, 0.2) is 5.15 Å². The molecule has 0 fully saturated rings. The fourth-order valence-electron chi connectivity index (χ4n) is 0.838. The van der Waals surface area contributed by atoms with E-state index in [1.807, 2.05) is 0 Å². The second kappa shape index (κ2) is 4.23. The molecule has 0 aliphatic rings. The first-order valence-electron chi connectivity index (χ1n) is 3.57. The molecule has 12 heavy (non-hydrogen) atoms. The average Bonchev–Trinajstić information content (AvgIpc) is 2.08. The third-order valence-electron chi connectivity index (χ3n) is 1.43. The summed E-state index contributed by atoms with van der Waals surface area (Å²) >= 11 is 5.49. The number of aryl methyl sites for hydroxylation is 1. The molecule has 1 aromatic heterocycles. The van der Waals surface area contributed by atoms with Crippen LogP contribution >= 0.6 is 11.6 Å². The second-order valence-corrected chi connectivity index (χ2v) is 2.65. The zero-order valence-corrected chi connectivity index (χ0v) is 7.16. The first kappa shape index (κ1) is 9.22. The van der Waals surface area contributed by atoms with Crippen molar-refractivity contribution in [2.45, 2.75) is 13.0 Å². The molecule has 0 aromatic carbocycles.